The van der Waals surface area contributed by atoms with Gasteiger partial charge in [0.2, 0.25) is 5.95 Å². The summed E-state index contributed by atoms with van der Waals surface area (Å²) in [5, 5.41) is 35.1. The van der Waals surface area contributed by atoms with Gasteiger partial charge in [0.25, 0.3) is 0 Å². The lowest BCUT2D eigenvalue weighted by Crippen LogP contribution is -2.33. The maximum atomic E-state index is 10.5. The topological polar surface area (TPSA) is 113 Å². The van der Waals surface area contributed by atoms with Crippen LogP contribution in [-0.4, -0.2) is 60.8 Å². The molecular weight excluding hydrogens is 407 g/mol. The summed E-state index contributed by atoms with van der Waals surface area (Å²) in [5.74, 6) is 0.493. The van der Waals surface area contributed by atoms with Crippen LogP contribution in [0.3, 0.4) is 0 Å². The van der Waals surface area contributed by atoms with Crippen LogP contribution in [0.2, 0.25) is 10.0 Å². The SMILES string of the molecule is OC[C@H]1OC(n2c(NC3CC3)nc3cc4cc(Cl)c(Cl)cc4nc32)[C@H](O)[C@@H]1O. The Hall–Kier alpha value is -1.68. The van der Waals surface area contributed by atoms with Crippen molar-refractivity contribution < 1.29 is 20.1 Å². The second-order valence-electron chi connectivity index (χ2n) is 7.24. The molecular formula is C18H18Cl2N4O4. The quantitative estimate of drug-likeness (QED) is 0.506. The van der Waals surface area contributed by atoms with Crippen LogP contribution in [0.5, 0.6) is 0 Å². The number of pyridine rings is 1. The molecule has 1 saturated carbocycles. The maximum Gasteiger partial charge on any atom is 0.207 e. The molecule has 4 N–H and O–H groups in total. The van der Waals surface area contributed by atoms with Crippen molar-refractivity contribution in [3.63, 3.8) is 0 Å². The van der Waals surface area contributed by atoms with Crippen LogP contribution < -0.4 is 5.32 Å². The normalized spacial score (nSPS) is 27.8. The van der Waals surface area contributed by atoms with E-state index < -0.39 is 31.1 Å². The smallest absolute Gasteiger partial charge is 0.207 e. The molecule has 0 radical (unpaired) electrons. The molecule has 2 fully saturated rings. The van der Waals surface area contributed by atoms with Crippen molar-refractivity contribution >= 4 is 51.2 Å². The molecule has 148 valence electrons. The Kier molecular flexibility index (Phi) is 4.38. The predicted molar refractivity (Wildman–Crippen MR) is 105 cm³/mol. The third-order valence-corrected chi connectivity index (χ3v) is 5.90. The molecule has 8 nitrogen and oxygen atoms in total. The molecule has 2 aliphatic rings. The van der Waals surface area contributed by atoms with E-state index in [1.807, 2.05) is 6.07 Å². The van der Waals surface area contributed by atoms with Crippen molar-refractivity contribution in [2.24, 2.45) is 0 Å². The van der Waals surface area contributed by atoms with Gasteiger partial charge < -0.3 is 25.4 Å². The second-order valence-corrected chi connectivity index (χ2v) is 8.06. The average Bonchev–Trinajstić information content (AvgIpc) is 3.36. The lowest BCUT2D eigenvalue weighted by molar-refractivity contribution is -0.0501. The van der Waals surface area contributed by atoms with E-state index in [0.29, 0.717) is 38.7 Å². The highest BCUT2D eigenvalue weighted by Crippen LogP contribution is 2.37. The number of anilines is 1. The first kappa shape index (κ1) is 18.4. The highest BCUT2D eigenvalue weighted by atomic mass is 35.5. The average molecular weight is 425 g/mol. The summed E-state index contributed by atoms with van der Waals surface area (Å²) in [7, 11) is 0. The molecule has 2 aromatic heterocycles. The van der Waals surface area contributed by atoms with E-state index in [-0.39, 0.29) is 0 Å². The standard InChI is InChI=1S/C18H18Cl2N4O4/c19-9-3-7-4-12-16(22-11(7)5-10(9)20)24(18(23-12)21-8-1-2-8)17-15(27)14(26)13(6-25)28-17/h3-5,8,13-15,17,25-27H,1-2,6H2,(H,21,23)/t13-,14-,15-,17?/m1/s1. The minimum absolute atomic E-state index is 0.297. The zero-order valence-corrected chi connectivity index (χ0v) is 16.1. The fourth-order valence-electron chi connectivity index (χ4n) is 3.52. The van der Waals surface area contributed by atoms with Crippen molar-refractivity contribution in [2.75, 3.05) is 11.9 Å². The van der Waals surface area contributed by atoms with Gasteiger partial charge in [-0.25, -0.2) is 9.97 Å². The number of imidazole rings is 1. The summed E-state index contributed by atoms with van der Waals surface area (Å²) in [5.41, 5.74) is 1.68. The lowest BCUT2D eigenvalue weighted by atomic mass is 10.1. The molecule has 3 aromatic rings. The van der Waals surface area contributed by atoms with Gasteiger partial charge in [-0.15, -0.1) is 0 Å². The summed E-state index contributed by atoms with van der Waals surface area (Å²) in [6.07, 6.45) is -2.22. The van der Waals surface area contributed by atoms with E-state index in [0.717, 1.165) is 18.2 Å². The van der Waals surface area contributed by atoms with Gasteiger partial charge in [0.15, 0.2) is 11.9 Å². The van der Waals surface area contributed by atoms with Crippen molar-refractivity contribution in [3.05, 3.63) is 28.2 Å². The highest BCUT2D eigenvalue weighted by Gasteiger charge is 2.45. The number of rotatable bonds is 4. The van der Waals surface area contributed by atoms with Crippen molar-refractivity contribution in [1.82, 2.24) is 14.5 Å². The molecule has 0 amide bonds. The molecule has 10 heteroatoms. The van der Waals surface area contributed by atoms with Crippen molar-refractivity contribution in [2.45, 2.75) is 43.4 Å². The number of nitrogens with one attached hydrogen (secondary N) is 1. The van der Waals surface area contributed by atoms with Gasteiger partial charge in [0.05, 0.1) is 22.2 Å². The van der Waals surface area contributed by atoms with Crippen LogP contribution in [0.4, 0.5) is 5.95 Å². The number of halogens is 2. The zero-order valence-electron chi connectivity index (χ0n) is 14.6. The third kappa shape index (κ3) is 2.92. The second kappa shape index (κ2) is 6.69. The van der Waals surface area contributed by atoms with Crippen molar-refractivity contribution in [3.8, 4) is 0 Å². The number of aliphatic hydroxyl groups excluding tert-OH is 3. The first-order chi connectivity index (χ1) is 13.5. The molecule has 0 spiro atoms. The van der Waals surface area contributed by atoms with Gasteiger partial charge >= 0.3 is 0 Å². The molecule has 28 heavy (non-hydrogen) atoms. The Balaban J connectivity index is 1.70. The summed E-state index contributed by atoms with van der Waals surface area (Å²) in [6, 6.07) is 5.54. The van der Waals surface area contributed by atoms with E-state index in [1.165, 1.54) is 0 Å². The van der Waals surface area contributed by atoms with E-state index in [9.17, 15) is 15.3 Å². The first-order valence-corrected chi connectivity index (χ1v) is 9.78. The van der Waals surface area contributed by atoms with E-state index in [4.69, 9.17) is 27.9 Å². The number of fused-ring (bicyclic) bond motifs is 2. The van der Waals surface area contributed by atoms with Gasteiger partial charge in [0.1, 0.15) is 23.8 Å². The van der Waals surface area contributed by atoms with Gasteiger partial charge in [-0.1, -0.05) is 23.2 Å². The summed E-state index contributed by atoms with van der Waals surface area (Å²) >= 11 is 12.3. The van der Waals surface area contributed by atoms with Crippen molar-refractivity contribution in [1.29, 1.82) is 0 Å². The number of hydrogen-bond acceptors (Lipinski definition) is 7. The summed E-state index contributed by atoms with van der Waals surface area (Å²) < 4.78 is 7.37. The lowest BCUT2D eigenvalue weighted by Gasteiger charge is -2.19. The molecule has 1 unspecified atom stereocenters. The minimum atomic E-state index is -1.24. The molecule has 1 saturated heterocycles. The predicted octanol–water partition coefficient (Wildman–Crippen LogP) is 2.08. The minimum Gasteiger partial charge on any atom is -0.394 e. The monoisotopic (exact) mass is 424 g/mol. The fraction of sp³-hybridized carbons (Fsp3) is 0.444. The van der Waals surface area contributed by atoms with E-state index in [2.05, 4.69) is 15.3 Å². The van der Waals surface area contributed by atoms with E-state index in [1.54, 1.807) is 16.7 Å². The maximum absolute atomic E-state index is 10.5. The summed E-state index contributed by atoms with van der Waals surface area (Å²) in [4.78, 5) is 9.29. The number of aliphatic hydroxyl groups is 3. The van der Waals surface area contributed by atoms with E-state index >= 15 is 0 Å². The van der Waals surface area contributed by atoms with Gasteiger partial charge in [-0.3, -0.25) is 4.57 Å². The fourth-order valence-corrected chi connectivity index (χ4v) is 3.85. The van der Waals surface area contributed by atoms with Crippen LogP contribution in [0, 0.1) is 0 Å². The van der Waals surface area contributed by atoms with Crippen LogP contribution in [0.1, 0.15) is 19.1 Å². The first-order valence-electron chi connectivity index (χ1n) is 9.03. The Bertz CT molecular complexity index is 1070. The Morgan fingerprint density at radius 3 is 2.50 bits per heavy atom. The van der Waals surface area contributed by atoms with Crippen LogP contribution in [-0.2, 0) is 4.74 Å². The van der Waals surface area contributed by atoms with Crippen LogP contribution in [0.15, 0.2) is 18.2 Å². The molecule has 1 aromatic carbocycles. The molecule has 1 aliphatic carbocycles. The molecule has 3 heterocycles. The zero-order chi connectivity index (χ0) is 19.6. The van der Waals surface area contributed by atoms with Gasteiger partial charge in [-0.05, 0) is 31.0 Å². The third-order valence-electron chi connectivity index (χ3n) is 5.18. The number of hydrogen-bond donors (Lipinski definition) is 4. The highest BCUT2D eigenvalue weighted by molar-refractivity contribution is 6.42. The molecule has 0 bridgehead atoms. The molecule has 1 aliphatic heterocycles. The van der Waals surface area contributed by atoms with Gasteiger partial charge in [0, 0.05) is 11.4 Å². The summed E-state index contributed by atoms with van der Waals surface area (Å²) in [6.45, 7) is -0.406. The Labute approximate surface area is 169 Å². The Morgan fingerprint density at radius 2 is 1.82 bits per heavy atom. The van der Waals surface area contributed by atoms with Crippen LogP contribution >= 0.6 is 23.2 Å². The largest absolute Gasteiger partial charge is 0.394 e. The molecule has 5 rings (SSSR count). The number of benzene rings is 1. The number of ether oxygens (including phenoxy) is 1. The molecule has 4 atom stereocenters. The van der Waals surface area contributed by atoms with Gasteiger partial charge in [-0.2, -0.15) is 0 Å². The number of nitrogens with zero attached hydrogens (tertiary/aromatic N) is 3. The number of aromatic nitrogens is 3. The Morgan fingerprint density at radius 1 is 1.07 bits per heavy atom. The van der Waals surface area contributed by atoms with Crippen LogP contribution in [0.25, 0.3) is 22.1 Å².